The summed E-state index contributed by atoms with van der Waals surface area (Å²) in [5.74, 6) is -1.41. The van der Waals surface area contributed by atoms with E-state index in [9.17, 15) is 9.59 Å². The molecule has 1 aromatic rings. The van der Waals surface area contributed by atoms with Gasteiger partial charge >= 0.3 is 5.97 Å². The van der Waals surface area contributed by atoms with Gasteiger partial charge in [0.05, 0.1) is 12.7 Å². The van der Waals surface area contributed by atoms with E-state index in [-0.39, 0.29) is 18.5 Å². The largest absolute Gasteiger partial charge is 0.496 e. The van der Waals surface area contributed by atoms with Gasteiger partial charge in [-0.1, -0.05) is 11.6 Å². The molecule has 6 nitrogen and oxygen atoms in total. The second kappa shape index (κ2) is 6.96. The molecule has 0 aliphatic heterocycles. The summed E-state index contributed by atoms with van der Waals surface area (Å²) >= 11 is 5.79. The number of carboxylic acids is 1. The van der Waals surface area contributed by atoms with Crippen LogP contribution >= 0.6 is 11.6 Å². The molecule has 1 amide bonds. The fraction of sp³-hybridized carbons (Fsp3) is 0.333. The minimum absolute atomic E-state index is 0.0297. The number of carbonyl (C=O) groups excluding carboxylic acids is 1. The number of carboxylic acid groups (broad SMARTS) is 1. The highest BCUT2D eigenvalue weighted by Crippen LogP contribution is 2.22. The number of carbonyl (C=O) groups is 2. The first-order valence-corrected chi connectivity index (χ1v) is 5.86. The van der Waals surface area contributed by atoms with Crippen molar-refractivity contribution in [3.63, 3.8) is 0 Å². The van der Waals surface area contributed by atoms with E-state index >= 15 is 0 Å². The third kappa shape index (κ3) is 4.42. The van der Waals surface area contributed by atoms with Crippen LogP contribution in [-0.4, -0.2) is 41.8 Å². The number of aliphatic carboxylic acids is 1. The fourth-order valence-corrected chi connectivity index (χ4v) is 1.57. The van der Waals surface area contributed by atoms with E-state index in [0.29, 0.717) is 10.8 Å². The van der Waals surface area contributed by atoms with Gasteiger partial charge in [-0.15, -0.1) is 0 Å². The quantitative estimate of drug-likeness (QED) is 0.723. The summed E-state index contributed by atoms with van der Waals surface area (Å²) in [4.78, 5) is 22.2. The van der Waals surface area contributed by atoms with Crippen molar-refractivity contribution in [1.82, 2.24) is 5.32 Å². The summed E-state index contributed by atoms with van der Waals surface area (Å²) in [6.45, 7) is 0.0297. The molecule has 1 atom stereocenters. The van der Waals surface area contributed by atoms with Crippen LogP contribution in [0.3, 0.4) is 0 Å². The molecule has 19 heavy (non-hydrogen) atoms. The molecule has 0 saturated carbocycles. The van der Waals surface area contributed by atoms with Gasteiger partial charge in [0.1, 0.15) is 5.75 Å². The van der Waals surface area contributed by atoms with Crippen molar-refractivity contribution >= 4 is 23.5 Å². The molecule has 1 rings (SSSR count). The van der Waals surface area contributed by atoms with E-state index in [1.807, 2.05) is 0 Å². The Bertz CT molecular complexity index is 477. The van der Waals surface area contributed by atoms with Crippen LogP contribution in [0.15, 0.2) is 18.2 Å². The van der Waals surface area contributed by atoms with E-state index in [4.69, 9.17) is 26.6 Å². The number of nitrogens with one attached hydrogen (secondary N) is 1. The van der Waals surface area contributed by atoms with Crippen LogP contribution in [0.25, 0.3) is 0 Å². The molecule has 0 saturated heterocycles. The number of rotatable bonds is 6. The lowest BCUT2D eigenvalue weighted by atomic mass is 10.2. The van der Waals surface area contributed by atoms with E-state index in [1.165, 1.54) is 13.2 Å². The maximum absolute atomic E-state index is 11.8. The van der Waals surface area contributed by atoms with Gasteiger partial charge < -0.3 is 20.3 Å². The molecule has 0 aliphatic carbocycles. The fourth-order valence-electron chi connectivity index (χ4n) is 1.40. The van der Waals surface area contributed by atoms with Crippen molar-refractivity contribution in [3.8, 4) is 5.75 Å². The second-order valence-corrected chi connectivity index (χ2v) is 4.18. The van der Waals surface area contributed by atoms with Crippen molar-refractivity contribution < 1.29 is 24.5 Å². The smallest absolute Gasteiger partial charge is 0.332 e. The molecular weight excluding hydrogens is 274 g/mol. The van der Waals surface area contributed by atoms with Gasteiger partial charge in [-0.25, -0.2) is 4.79 Å². The molecule has 0 heterocycles. The molecule has 0 aliphatic rings. The molecule has 0 fully saturated rings. The minimum Gasteiger partial charge on any atom is -0.496 e. The van der Waals surface area contributed by atoms with Gasteiger partial charge in [0.2, 0.25) is 0 Å². The number of aliphatic hydroxyl groups is 1. The van der Waals surface area contributed by atoms with Crippen LogP contribution < -0.4 is 10.1 Å². The molecule has 0 bridgehead atoms. The van der Waals surface area contributed by atoms with Crippen molar-refractivity contribution in [3.05, 3.63) is 28.8 Å². The Morgan fingerprint density at radius 3 is 2.74 bits per heavy atom. The van der Waals surface area contributed by atoms with Gasteiger partial charge in [-0.3, -0.25) is 4.79 Å². The molecule has 1 unspecified atom stereocenters. The zero-order valence-electron chi connectivity index (χ0n) is 10.2. The Morgan fingerprint density at radius 1 is 1.47 bits per heavy atom. The monoisotopic (exact) mass is 287 g/mol. The predicted octanol–water partition coefficient (Wildman–Crippen LogP) is 0.914. The SMILES string of the molecule is COc1ccc(Cl)cc1C(=O)NCCC(O)C(=O)O. The lowest BCUT2D eigenvalue weighted by Crippen LogP contribution is -2.30. The Labute approximate surface area is 114 Å². The molecule has 1 aromatic carbocycles. The summed E-state index contributed by atoms with van der Waals surface area (Å²) in [5, 5.41) is 20.4. The maximum Gasteiger partial charge on any atom is 0.332 e. The highest BCUT2D eigenvalue weighted by atomic mass is 35.5. The van der Waals surface area contributed by atoms with Crippen LogP contribution in [0.5, 0.6) is 5.75 Å². The van der Waals surface area contributed by atoms with Gasteiger partial charge in [-0.2, -0.15) is 0 Å². The number of hydrogen-bond acceptors (Lipinski definition) is 4. The number of methoxy groups -OCH3 is 1. The van der Waals surface area contributed by atoms with E-state index in [2.05, 4.69) is 5.32 Å². The zero-order chi connectivity index (χ0) is 14.4. The average molecular weight is 288 g/mol. The number of halogens is 1. The second-order valence-electron chi connectivity index (χ2n) is 3.74. The highest BCUT2D eigenvalue weighted by Gasteiger charge is 2.15. The normalized spacial score (nSPS) is 11.7. The van der Waals surface area contributed by atoms with Crippen LogP contribution in [0.2, 0.25) is 5.02 Å². The number of hydrogen-bond donors (Lipinski definition) is 3. The third-order valence-corrected chi connectivity index (χ3v) is 2.63. The summed E-state index contributed by atoms with van der Waals surface area (Å²) in [7, 11) is 1.42. The summed E-state index contributed by atoms with van der Waals surface area (Å²) in [6, 6.07) is 4.60. The lowest BCUT2D eigenvalue weighted by Gasteiger charge is -2.10. The van der Waals surface area contributed by atoms with Crippen molar-refractivity contribution in [2.24, 2.45) is 0 Å². The highest BCUT2D eigenvalue weighted by molar-refractivity contribution is 6.31. The van der Waals surface area contributed by atoms with Crippen LogP contribution in [0.1, 0.15) is 16.8 Å². The first-order valence-electron chi connectivity index (χ1n) is 5.48. The van der Waals surface area contributed by atoms with Crippen molar-refractivity contribution in [2.45, 2.75) is 12.5 Å². The van der Waals surface area contributed by atoms with Crippen LogP contribution in [-0.2, 0) is 4.79 Å². The van der Waals surface area contributed by atoms with Crippen LogP contribution in [0, 0.1) is 0 Å². The van der Waals surface area contributed by atoms with Gasteiger partial charge in [0.15, 0.2) is 6.10 Å². The Morgan fingerprint density at radius 2 is 2.16 bits per heavy atom. The Balaban J connectivity index is 2.63. The van der Waals surface area contributed by atoms with Crippen molar-refractivity contribution in [1.29, 1.82) is 0 Å². The van der Waals surface area contributed by atoms with Crippen LogP contribution in [0.4, 0.5) is 0 Å². The molecule has 0 radical (unpaired) electrons. The Hall–Kier alpha value is -1.79. The van der Waals surface area contributed by atoms with Gasteiger partial charge in [0, 0.05) is 18.0 Å². The third-order valence-electron chi connectivity index (χ3n) is 2.39. The molecule has 7 heteroatoms. The summed E-state index contributed by atoms with van der Waals surface area (Å²) in [5.41, 5.74) is 0.250. The summed E-state index contributed by atoms with van der Waals surface area (Å²) < 4.78 is 5.02. The average Bonchev–Trinajstić information content (AvgIpc) is 2.38. The maximum atomic E-state index is 11.8. The Kier molecular flexibility index (Phi) is 5.59. The standard InChI is InChI=1S/C12H14ClNO5/c1-19-10-3-2-7(13)6-8(10)11(16)14-5-4-9(15)12(17)18/h2-3,6,9,15H,4-5H2,1H3,(H,14,16)(H,17,18). The van der Waals surface area contributed by atoms with E-state index < -0.39 is 18.0 Å². The number of aliphatic hydroxyl groups excluding tert-OH is 1. The van der Waals surface area contributed by atoms with Gasteiger partial charge in [-0.05, 0) is 18.2 Å². The molecule has 104 valence electrons. The first kappa shape index (κ1) is 15.3. The summed E-state index contributed by atoms with van der Waals surface area (Å²) in [6.07, 6.45) is -1.58. The van der Waals surface area contributed by atoms with E-state index in [1.54, 1.807) is 12.1 Å². The molecule has 3 N–H and O–H groups in total. The molecule has 0 aromatic heterocycles. The zero-order valence-corrected chi connectivity index (χ0v) is 11.0. The molecular formula is C12H14ClNO5. The van der Waals surface area contributed by atoms with Gasteiger partial charge in [0.25, 0.3) is 5.91 Å². The molecule has 0 spiro atoms. The number of benzene rings is 1. The van der Waals surface area contributed by atoms with Crippen molar-refractivity contribution in [2.75, 3.05) is 13.7 Å². The first-order chi connectivity index (χ1) is 8.95. The lowest BCUT2D eigenvalue weighted by molar-refractivity contribution is -0.146. The minimum atomic E-state index is -1.50. The predicted molar refractivity (Wildman–Crippen MR) is 68.6 cm³/mol. The number of ether oxygens (including phenoxy) is 1. The van der Waals surface area contributed by atoms with E-state index in [0.717, 1.165) is 0 Å². The number of amides is 1. The topological polar surface area (TPSA) is 95.9 Å².